The molecule has 0 bridgehead atoms. The Bertz CT molecular complexity index is 1330. The number of hydrogen-bond donors (Lipinski definition) is 1. The van der Waals surface area contributed by atoms with E-state index in [-0.39, 0.29) is 10.8 Å². The summed E-state index contributed by atoms with van der Waals surface area (Å²) in [5, 5.41) is 9.92. The Morgan fingerprint density at radius 1 is 1.26 bits per heavy atom. The molecule has 3 aromatic rings. The monoisotopic (exact) mass is 434 g/mol. The number of carbonyl (C=O) groups excluding carboxylic acids is 1. The van der Waals surface area contributed by atoms with Gasteiger partial charge in [0, 0.05) is 47.5 Å². The highest BCUT2D eigenvalue weighted by atomic mass is 32.2. The molecule has 0 atom stereocenters. The topological polar surface area (TPSA) is 95.2 Å². The number of aromatic nitrogens is 1. The third-order valence-corrected chi connectivity index (χ3v) is 6.89. The van der Waals surface area contributed by atoms with Gasteiger partial charge in [-0.1, -0.05) is 18.2 Å². The van der Waals surface area contributed by atoms with E-state index in [9.17, 15) is 13.2 Å². The minimum Gasteiger partial charge on any atom is -0.346 e. The zero-order chi connectivity index (χ0) is 22.0. The summed E-state index contributed by atoms with van der Waals surface area (Å²) in [6, 6.07) is 14.9. The number of rotatable bonds is 6. The van der Waals surface area contributed by atoms with Crippen molar-refractivity contribution in [2.75, 3.05) is 18.5 Å². The first-order valence-corrected chi connectivity index (χ1v) is 11.4. The molecule has 0 fully saturated rings. The lowest BCUT2D eigenvalue weighted by Gasteiger charge is -2.15. The first kappa shape index (κ1) is 20.8. The van der Waals surface area contributed by atoms with Gasteiger partial charge in [-0.2, -0.15) is 5.26 Å². The van der Waals surface area contributed by atoms with E-state index in [0.29, 0.717) is 25.9 Å². The van der Waals surface area contributed by atoms with Crippen LogP contribution in [0.5, 0.6) is 0 Å². The maximum Gasteiger partial charge on any atom is 0.251 e. The lowest BCUT2D eigenvalue weighted by Crippen LogP contribution is -2.26. The van der Waals surface area contributed by atoms with Crippen molar-refractivity contribution >= 4 is 38.6 Å². The minimum absolute atomic E-state index is 0.156. The maximum absolute atomic E-state index is 12.9. The molecule has 0 unspecified atom stereocenters. The molecule has 8 heteroatoms. The number of sulfonamides is 1. The van der Waals surface area contributed by atoms with Crippen molar-refractivity contribution in [2.24, 2.45) is 0 Å². The van der Waals surface area contributed by atoms with Gasteiger partial charge >= 0.3 is 0 Å². The van der Waals surface area contributed by atoms with Crippen molar-refractivity contribution in [1.82, 2.24) is 9.29 Å². The number of benzene rings is 2. The van der Waals surface area contributed by atoms with Crippen LogP contribution < -0.4 is 9.62 Å². The lowest BCUT2D eigenvalue weighted by atomic mass is 10.1. The standard InChI is InChI=1S/C23H22N4O3S/c1-25-31(29,30)19-8-9-21-17(15-19)11-14-27(21)23(28)10-7-18-16-26(13-4-12-24)22-6-3-2-5-20(18)22/h2-3,5-10,15-16,25H,4,11,13-14H2,1H3/b10-7+. The maximum atomic E-state index is 12.9. The van der Waals surface area contributed by atoms with Gasteiger partial charge in [0.15, 0.2) is 0 Å². The second-order valence-electron chi connectivity index (χ2n) is 7.27. The van der Waals surface area contributed by atoms with E-state index in [4.69, 9.17) is 5.26 Å². The number of fused-ring (bicyclic) bond motifs is 2. The number of aryl methyl sites for hydroxylation is 1. The molecule has 7 nitrogen and oxygen atoms in total. The van der Waals surface area contributed by atoms with Crippen LogP contribution in [0.1, 0.15) is 17.5 Å². The van der Waals surface area contributed by atoms with Crippen LogP contribution >= 0.6 is 0 Å². The average Bonchev–Trinajstić information content (AvgIpc) is 3.37. The number of anilines is 1. The highest BCUT2D eigenvalue weighted by molar-refractivity contribution is 7.89. The summed E-state index contributed by atoms with van der Waals surface area (Å²) in [5.74, 6) is -0.156. The summed E-state index contributed by atoms with van der Waals surface area (Å²) in [5.41, 5.74) is 3.51. The van der Waals surface area contributed by atoms with Crippen LogP contribution in [0.2, 0.25) is 0 Å². The fourth-order valence-corrected chi connectivity index (χ4v) is 4.69. The van der Waals surface area contributed by atoms with Crippen LogP contribution in [-0.2, 0) is 27.8 Å². The highest BCUT2D eigenvalue weighted by Gasteiger charge is 2.25. The summed E-state index contributed by atoms with van der Waals surface area (Å²) in [6.07, 6.45) is 6.32. The molecule has 2 heterocycles. The summed E-state index contributed by atoms with van der Waals surface area (Å²) >= 11 is 0. The average molecular weight is 435 g/mol. The van der Waals surface area contributed by atoms with Crippen LogP contribution in [-0.4, -0.2) is 32.5 Å². The van der Waals surface area contributed by atoms with Crippen molar-refractivity contribution in [1.29, 1.82) is 5.26 Å². The molecule has 158 valence electrons. The number of nitrogens with one attached hydrogen (secondary N) is 1. The lowest BCUT2D eigenvalue weighted by molar-refractivity contribution is -0.114. The second kappa shape index (κ2) is 8.38. The molecular weight excluding hydrogens is 412 g/mol. The molecule has 0 aliphatic carbocycles. The third-order valence-electron chi connectivity index (χ3n) is 5.48. The first-order chi connectivity index (χ1) is 14.9. The van der Waals surface area contributed by atoms with E-state index in [1.165, 1.54) is 13.1 Å². The van der Waals surface area contributed by atoms with Crippen LogP contribution in [0.25, 0.3) is 17.0 Å². The largest absolute Gasteiger partial charge is 0.346 e. The molecule has 31 heavy (non-hydrogen) atoms. The Kier molecular flexibility index (Phi) is 5.63. The molecule has 1 aliphatic heterocycles. The number of hydrogen-bond acceptors (Lipinski definition) is 4. The summed E-state index contributed by atoms with van der Waals surface area (Å²) in [4.78, 5) is 14.8. The number of nitrogens with zero attached hydrogens (tertiary/aromatic N) is 3. The SMILES string of the molecule is CNS(=O)(=O)c1ccc2c(c1)CCN2C(=O)/C=C/c1cn(CCC#N)c2ccccc12. The fraction of sp³-hybridized carbons (Fsp3) is 0.217. The van der Waals surface area contributed by atoms with Crippen molar-refractivity contribution < 1.29 is 13.2 Å². The van der Waals surface area contributed by atoms with Crippen LogP contribution in [0.4, 0.5) is 5.69 Å². The number of amides is 1. The van der Waals surface area contributed by atoms with E-state index in [1.807, 2.05) is 35.0 Å². The molecule has 1 amide bonds. The molecule has 1 aliphatic rings. The van der Waals surface area contributed by atoms with Gasteiger partial charge < -0.3 is 9.47 Å². The van der Waals surface area contributed by atoms with Gasteiger partial charge in [-0.05, 0) is 49.4 Å². The van der Waals surface area contributed by atoms with Gasteiger partial charge in [0.1, 0.15) is 0 Å². The van der Waals surface area contributed by atoms with Crippen molar-refractivity contribution in [3.63, 3.8) is 0 Å². The third kappa shape index (κ3) is 3.98. The zero-order valence-electron chi connectivity index (χ0n) is 17.1. The molecule has 0 spiro atoms. The molecule has 1 N–H and O–H groups in total. The molecular formula is C23H22N4O3S. The quantitative estimate of drug-likeness (QED) is 0.603. The fourth-order valence-electron chi connectivity index (χ4n) is 3.91. The predicted molar refractivity (Wildman–Crippen MR) is 120 cm³/mol. The van der Waals surface area contributed by atoms with Gasteiger partial charge in [-0.15, -0.1) is 0 Å². The molecule has 0 saturated heterocycles. The molecule has 4 rings (SSSR count). The normalized spacial score (nSPS) is 13.6. The Balaban J connectivity index is 1.59. The first-order valence-electron chi connectivity index (χ1n) is 9.95. The van der Waals surface area contributed by atoms with Gasteiger partial charge in [0.25, 0.3) is 5.91 Å². The smallest absolute Gasteiger partial charge is 0.251 e. The predicted octanol–water partition coefficient (Wildman–Crippen LogP) is 3.07. The summed E-state index contributed by atoms with van der Waals surface area (Å²) < 4.78 is 28.4. The molecule has 0 radical (unpaired) electrons. The van der Waals surface area contributed by atoms with E-state index < -0.39 is 10.0 Å². The van der Waals surface area contributed by atoms with Crippen molar-refractivity contribution in [2.45, 2.75) is 24.3 Å². The summed E-state index contributed by atoms with van der Waals surface area (Å²) in [6.45, 7) is 1.10. The minimum atomic E-state index is -3.52. The zero-order valence-corrected chi connectivity index (χ0v) is 17.9. The number of nitriles is 1. The Morgan fingerprint density at radius 2 is 2.06 bits per heavy atom. The Labute approximate surface area is 181 Å². The van der Waals surface area contributed by atoms with E-state index in [1.54, 1.807) is 29.2 Å². The highest BCUT2D eigenvalue weighted by Crippen LogP contribution is 2.31. The van der Waals surface area contributed by atoms with E-state index in [0.717, 1.165) is 27.7 Å². The van der Waals surface area contributed by atoms with Gasteiger partial charge in [0.2, 0.25) is 10.0 Å². The number of para-hydroxylation sites is 1. The van der Waals surface area contributed by atoms with Gasteiger partial charge in [-0.3, -0.25) is 4.79 Å². The summed E-state index contributed by atoms with van der Waals surface area (Å²) in [7, 11) is -2.14. The van der Waals surface area contributed by atoms with E-state index in [2.05, 4.69) is 10.8 Å². The van der Waals surface area contributed by atoms with Crippen LogP contribution in [0.15, 0.2) is 59.6 Å². The number of carbonyl (C=O) groups is 1. The molecule has 0 saturated carbocycles. The Morgan fingerprint density at radius 3 is 2.84 bits per heavy atom. The second-order valence-corrected chi connectivity index (χ2v) is 9.16. The molecule has 1 aromatic heterocycles. The van der Waals surface area contributed by atoms with Crippen LogP contribution in [0.3, 0.4) is 0 Å². The van der Waals surface area contributed by atoms with Crippen molar-refractivity contribution in [3.05, 3.63) is 65.9 Å². The van der Waals surface area contributed by atoms with Crippen molar-refractivity contribution in [3.8, 4) is 6.07 Å². The van der Waals surface area contributed by atoms with Gasteiger partial charge in [0.05, 0.1) is 17.4 Å². The molecule has 2 aromatic carbocycles. The van der Waals surface area contributed by atoms with Gasteiger partial charge in [-0.25, -0.2) is 13.1 Å². The Hall–Kier alpha value is -3.41. The van der Waals surface area contributed by atoms with Crippen LogP contribution in [0, 0.1) is 11.3 Å². The van der Waals surface area contributed by atoms with E-state index >= 15 is 0 Å².